The van der Waals surface area contributed by atoms with Crippen LogP contribution in [-0.4, -0.2) is 93.6 Å². The largest absolute Gasteiger partial charge is 0.573 e. The van der Waals surface area contributed by atoms with E-state index >= 15 is 0 Å². The number of methoxy groups -OCH3 is 2. The van der Waals surface area contributed by atoms with Gasteiger partial charge in [0.05, 0.1) is 47.8 Å². The van der Waals surface area contributed by atoms with E-state index in [0.29, 0.717) is 9.94 Å². The molecule has 0 N–H and O–H groups in total. The summed E-state index contributed by atoms with van der Waals surface area (Å²) in [5, 5.41) is 0. The second kappa shape index (κ2) is 17.2. The molecule has 0 atom stereocenters. The van der Waals surface area contributed by atoms with Crippen molar-refractivity contribution in [1.82, 2.24) is 0 Å². The third kappa shape index (κ3) is 11.8. The molecule has 0 spiro atoms. The van der Waals surface area contributed by atoms with Crippen LogP contribution >= 0.6 is 15.9 Å². The van der Waals surface area contributed by atoms with Crippen molar-refractivity contribution in [2.45, 2.75) is 129 Å². The van der Waals surface area contributed by atoms with Crippen molar-refractivity contribution in [2.24, 2.45) is 0 Å². The first kappa shape index (κ1) is 49.4. The molecular weight excluding hydrogens is 851 g/mol. The second-order valence-corrected chi connectivity index (χ2v) is 17.2. The maximum Gasteiger partial charge on any atom is 0.573 e. The van der Waals surface area contributed by atoms with Crippen LogP contribution in [0, 0.1) is 0 Å². The molecule has 3 heterocycles. The van der Waals surface area contributed by atoms with Crippen LogP contribution < -0.4 is 14.9 Å². The fraction of sp³-hybridized carbons (Fsp3) is 0.611. The molecule has 0 radical (unpaired) electrons. The topological polar surface area (TPSA) is 126 Å². The monoisotopic (exact) mass is 910 g/mol. The van der Waals surface area contributed by atoms with E-state index in [9.17, 15) is 35.9 Å². The van der Waals surface area contributed by atoms with Gasteiger partial charge in [0, 0.05) is 13.0 Å². The van der Waals surface area contributed by atoms with Crippen LogP contribution in [0.2, 0.25) is 0 Å². The summed E-state index contributed by atoms with van der Waals surface area (Å²) in [5.41, 5.74) is -3.06. The molecule has 0 aromatic heterocycles. The molecule has 5 rings (SSSR count). The van der Waals surface area contributed by atoms with Crippen LogP contribution in [-0.2, 0) is 37.4 Å². The lowest BCUT2D eigenvalue weighted by atomic mass is 9.49. The molecule has 3 saturated heterocycles. The van der Waals surface area contributed by atoms with Crippen molar-refractivity contribution in [2.75, 3.05) is 14.2 Å². The number of halogens is 7. The van der Waals surface area contributed by atoms with E-state index in [0.717, 1.165) is 26.4 Å². The lowest BCUT2D eigenvalue weighted by molar-refractivity contribution is -0.275. The first-order valence-corrected chi connectivity index (χ1v) is 18.6. The zero-order valence-corrected chi connectivity index (χ0v) is 36.3. The minimum absolute atomic E-state index is 0. The summed E-state index contributed by atoms with van der Waals surface area (Å²) in [5.74, 6) is -3.10. The number of esters is 2. The molecule has 0 saturated carbocycles. The zero-order valence-electron chi connectivity index (χ0n) is 34.7. The minimum atomic E-state index is -4.95. The van der Waals surface area contributed by atoms with Crippen LogP contribution in [0.1, 0.15) is 112 Å². The highest BCUT2D eigenvalue weighted by molar-refractivity contribution is 9.10. The van der Waals surface area contributed by atoms with Crippen molar-refractivity contribution in [3.05, 3.63) is 52.0 Å². The molecule has 2 aromatic rings. The number of carbonyl (C=O) groups is 2. The summed E-state index contributed by atoms with van der Waals surface area (Å²) in [6, 6.07) is 7.33. The minimum Gasteiger partial charge on any atom is -0.465 e. The SMILES string of the molecule is CC1(C)OB(B2OC(C)(C)C(C)(C)O2)OC1(C)C.COC(=O)c1ccc(B2OC(C)(C)C(C)(C)O2)cc1OC(F)(F)F.COC(=O)c1ccc(Br)cc1OC(F)(F)F.[HH].[HH].[HH].[HH].[HH].[HH]. The van der Waals surface area contributed by atoms with Gasteiger partial charge in [-0.05, 0) is 119 Å². The molecule has 0 amide bonds. The van der Waals surface area contributed by atoms with Crippen molar-refractivity contribution in [3.63, 3.8) is 0 Å². The second-order valence-electron chi connectivity index (χ2n) is 16.3. The van der Waals surface area contributed by atoms with Gasteiger partial charge in [0.25, 0.3) is 0 Å². The summed E-state index contributed by atoms with van der Waals surface area (Å²) in [6.45, 7) is 23.5. The molecule has 2 aromatic carbocycles. The molecular formula is C36H60B3BrF6O12. The zero-order chi connectivity index (χ0) is 44.7. The molecule has 22 heteroatoms. The van der Waals surface area contributed by atoms with Crippen molar-refractivity contribution < 1.29 is 91.4 Å². The quantitative estimate of drug-likeness (QED) is 0.156. The highest BCUT2D eigenvalue weighted by Gasteiger charge is 2.63. The Morgan fingerprint density at radius 3 is 1.19 bits per heavy atom. The van der Waals surface area contributed by atoms with E-state index in [-0.39, 0.29) is 42.1 Å². The molecule has 3 aliphatic rings. The van der Waals surface area contributed by atoms with Crippen LogP contribution in [0.4, 0.5) is 26.3 Å². The number of rotatable bonds is 6. The Morgan fingerprint density at radius 1 is 0.552 bits per heavy atom. The van der Waals surface area contributed by atoms with Crippen molar-refractivity contribution in [1.29, 1.82) is 0 Å². The highest BCUT2D eigenvalue weighted by atomic mass is 79.9. The Kier molecular flexibility index (Phi) is 14.6. The Balaban J connectivity index is -0.000000411. The third-order valence-corrected chi connectivity index (χ3v) is 11.0. The van der Waals surface area contributed by atoms with Gasteiger partial charge in [-0.25, -0.2) is 9.59 Å². The fourth-order valence-electron chi connectivity index (χ4n) is 5.14. The predicted molar refractivity (Wildman–Crippen MR) is 217 cm³/mol. The average Bonchev–Trinajstić information content (AvgIpc) is 3.52. The first-order valence-electron chi connectivity index (χ1n) is 17.8. The summed E-state index contributed by atoms with van der Waals surface area (Å²) >= 11 is 2.98. The number of hydrogen-bond acceptors (Lipinski definition) is 12. The molecule has 0 bridgehead atoms. The van der Waals surface area contributed by atoms with Gasteiger partial charge in [0.1, 0.15) is 22.6 Å². The Bertz CT molecular complexity index is 1750. The number of alkyl halides is 6. The maximum absolute atomic E-state index is 12.6. The van der Waals surface area contributed by atoms with Crippen molar-refractivity contribution in [3.8, 4) is 11.5 Å². The molecule has 0 unspecified atom stereocenters. The lowest BCUT2D eigenvalue weighted by Crippen LogP contribution is -2.41. The van der Waals surface area contributed by atoms with Gasteiger partial charge in [0.15, 0.2) is 0 Å². The normalized spacial score (nSPS) is 20.9. The van der Waals surface area contributed by atoms with E-state index in [2.05, 4.69) is 34.9 Å². The van der Waals surface area contributed by atoms with Gasteiger partial charge in [-0.15, -0.1) is 26.3 Å². The summed E-state index contributed by atoms with van der Waals surface area (Å²) < 4.78 is 126. The van der Waals surface area contributed by atoms with Gasteiger partial charge in [-0.2, -0.15) is 0 Å². The van der Waals surface area contributed by atoms with Gasteiger partial charge in [-0.1, -0.05) is 22.0 Å². The van der Waals surface area contributed by atoms with Crippen LogP contribution in [0.25, 0.3) is 0 Å². The Labute approximate surface area is 352 Å². The van der Waals surface area contributed by atoms with Crippen LogP contribution in [0.3, 0.4) is 0 Å². The Hall–Kier alpha value is -3.01. The standard InChI is InChI=1S/C15H18BF3O5.C12H24B2O4.C9H6BrF3O3.6H2/c1-13(2)14(3,4)24-16(23-13)9-6-7-10(12(20)21-5)11(8-9)22-15(17,18)19;1-9(2)10(3,4)16-13(15-9)14-17-11(5,6)12(7,8)18-14;1-15-8(14)6-3-2-5(10)4-7(6)16-9(11,12)13;;;;;;/h6-8H,1-5H3;1-8H3;2-4H,1H3;6*1H. The molecule has 0 aliphatic carbocycles. The van der Waals surface area contributed by atoms with E-state index in [4.69, 9.17) is 27.9 Å². The smallest absolute Gasteiger partial charge is 0.465 e. The number of hydrogen-bond donors (Lipinski definition) is 0. The highest BCUT2D eigenvalue weighted by Crippen LogP contribution is 2.43. The first-order chi connectivity index (χ1) is 26.1. The molecule has 58 heavy (non-hydrogen) atoms. The molecule has 3 fully saturated rings. The van der Waals surface area contributed by atoms with Gasteiger partial charge in [-0.3, -0.25) is 0 Å². The van der Waals surface area contributed by atoms with Gasteiger partial charge in [0.2, 0.25) is 0 Å². The van der Waals surface area contributed by atoms with E-state index in [1.54, 1.807) is 0 Å². The number of benzene rings is 2. The van der Waals surface area contributed by atoms with E-state index in [1.807, 2.05) is 83.1 Å². The number of ether oxygens (including phenoxy) is 4. The maximum atomic E-state index is 12.6. The van der Waals surface area contributed by atoms with Gasteiger partial charge >= 0.3 is 45.8 Å². The summed E-state index contributed by atoms with van der Waals surface area (Å²) in [4.78, 5) is 22.8. The summed E-state index contributed by atoms with van der Waals surface area (Å²) in [6.07, 6.45) is -9.80. The van der Waals surface area contributed by atoms with Crippen molar-refractivity contribution >= 4 is 54.5 Å². The fourth-order valence-corrected chi connectivity index (χ4v) is 5.48. The van der Waals surface area contributed by atoms with E-state index < -0.39 is 68.5 Å². The molecule has 334 valence electrons. The number of carbonyl (C=O) groups excluding carboxylic acids is 2. The average molecular weight is 911 g/mol. The molecule has 12 nitrogen and oxygen atoms in total. The van der Waals surface area contributed by atoms with Crippen LogP contribution in [0.15, 0.2) is 40.9 Å². The predicted octanol–water partition coefficient (Wildman–Crippen LogP) is 9.53. The molecule has 3 aliphatic heterocycles. The van der Waals surface area contributed by atoms with Crippen LogP contribution in [0.5, 0.6) is 11.5 Å². The summed E-state index contributed by atoms with van der Waals surface area (Å²) in [7, 11) is 0.313. The lowest BCUT2D eigenvalue weighted by Gasteiger charge is -2.32. The van der Waals surface area contributed by atoms with Gasteiger partial charge < -0.3 is 46.9 Å². The van der Waals surface area contributed by atoms with E-state index in [1.165, 1.54) is 24.3 Å². The Morgan fingerprint density at radius 2 is 0.862 bits per heavy atom. The third-order valence-electron chi connectivity index (χ3n) is 10.5.